The van der Waals surface area contributed by atoms with Crippen molar-refractivity contribution in [2.24, 2.45) is 0 Å². The van der Waals surface area contributed by atoms with E-state index in [0.29, 0.717) is 27.6 Å². The van der Waals surface area contributed by atoms with Crippen LogP contribution in [0.1, 0.15) is 44.7 Å². The average Bonchev–Trinajstić information content (AvgIpc) is 2.88. The molecular formula is C14H15N3O2S. The molecule has 5 nitrogen and oxygen atoms in total. The van der Waals surface area contributed by atoms with Gasteiger partial charge in [0, 0.05) is 4.88 Å². The summed E-state index contributed by atoms with van der Waals surface area (Å²) in [5.41, 5.74) is 2.52. The molecule has 2 aromatic heterocycles. The number of thiophene rings is 1. The van der Waals surface area contributed by atoms with Crippen LogP contribution in [0, 0.1) is 32.1 Å². The number of aromatic nitrogens is 1. The number of anilines is 1. The van der Waals surface area contributed by atoms with E-state index in [9.17, 15) is 10.1 Å². The van der Waals surface area contributed by atoms with E-state index >= 15 is 0 Å². The summed E-state index contributed by atoms with van der Waals surface area (Å²) in [6.07, 6.45) is 0.770. The lowest BCUT2D eigenvalue weighted by molar-refractivity contribution is 0.102. The van der Waals surface area contributed by atoms with Crippen molar-refractivity contribution in [1.82, 2.24) is 5.16 Å². The quantitative estimate of drug-likeness (QED) is 0.939. The molecule has 0 unspecified atom stereocenters. The van der Waals surface area contributed by atoms with Gasteiger partial charge in [-0.1, -0.05) is 12.1 Å². The van der Waals surface area contributed by atoms with Gasteiger partial charge in [-0.3, -0.25) is 4.79 Å². The van der Waals surface area contributed by atoms with E-state index in [1.165, 1.54) is 11.3 Å². The first-order chi connectivity index (χ1) is 9.49. The monoisotopic (exact) mass is 289 g/mol. The van der Waals surface area contributed by atoms with Crippen LogP contribution in [0.2, 0.25) is 0 Å². The number of hydrogen-bond acceptors (Lipinski definition) is 5. The van der Waals surface area contributed by atoms with Crippen molar-refractivity contribution in [3.8, 4) is 6.07 Å². The van der Waals surface area contributed by atoms with Crippen LogP contribution in [-0.4, -0.2) is 11.1 Å². The van der Waals surface area contributed by atoms with Crippen LogP contribution in [0.5, 0.6) is 0 Å². The number of carbonyl (C=O) groups excluding carboxylic acids is 1. The Balaban J connectivity index is 2.36. The molecule has 1 N–H and O–H groups in total. The molecule has 2 heterocycles. The minimum atomic E-state index is -0.290. The minimum absolute atomic E-state index is 0.290. The summed E-state index contributed by atoms with van der Waals surface area (Å²) < 4.78 is 4.99. The van der Waals surface area contributed by atoms with Crippen LogP contribution in [-0.2, 0) is 6.42 Å². The number of hydrogen-bond donors (Lipinski definition) is 1. The Morgan fingerprint density at radius 3 is 2.65 bits per heavy atom. The Labute approximate surface area is 121 Å². The molecule has 2 aromatic rings. The molecule has 0 spiro atoms. The fraction of sp³-hybridized carbons (Fsp3) is 0.357. The van der Waals surface area contributed by atoms with Crippen LogP contribution in [0.4, 0.5) is 5.00 Å². The van der Waals surface area contributed by atoms with Gasteiger partial charge in [-0.05, 0) is 32.8 Å². The second-order valence-corrected chi connectivity index (χ2v) is 5.68. The lowest BCUT2D eigenvalue weighted by atomic mass is 10.1. The zero-order valence-corrected chi connectivity index (χ0v) is 12.6. The highest BCUT2D eigenvalue weighted by Crippen LogP contribution is 2.33. The van der Waals surface area contributed by atoms with E-state index in [4.69, 9.17) is 4.52 Å². The first-order valence-electron chi connectivity index (χ1n) is 6.26. The highest BCUT2D eigenvalue weighted by Gasteiger charge is 2.21. The Hall–Kier alpha value is -2.13. The van der Waals surface area contributed by atoms with Crippen LogP contribution in [0.3, 0.4) is 0 Å². The van der Waals surface area contributed by atoms with Gasteiger partial charge in [0.2, 0.25) is 0 Å². The molecule has 0 aromatic carbocycles. The van der Waals surface area contributed by atoms with E-state index in [-0.39, 0.29) is 5.91 Å². The number of nitrogens with one attached hydrogen (secondary N) is 1. The summed E-state index contributed by atoms with van der Waals surface area (Å²) in [7, 11) is 0. The Kier molecular flexibility index (Phi) is 3.91. The molecule has 0 aliphatic carbocycles. The Morgan fingerprint density at radius 1 is 1.45 bits per heavy atom. The third-order valence-corrected chi connectivity index (χ3v) is 4.22. The molecule has 0 aliphatic rings. The van der Waals surface area contributed by atoms with E-state index in [0.717, 1.165) is 16.9 Å². The van der Waals surface area contributed by atoms with Gasteiger partial charge < -0.3 is 9.84 Å². The van der Waals surface area contributed by atoms with Crippen LogP contribution < -0.4 is 5.32 Å². The highest BCUT2D eigenvalue weighted by atomic mass is 32.1. The second kappa shape index (κ2) is 5.47. The summed E-state index contributed by atoms with van der Waals surface area (Å²) in [5, 5.41) is 16.4. The van der Waals surface area contributed by atoms with Crippen molar-refractivity contribution in [1.29, 1.82) is 5.26 Å². The van der Waals surface area contributed by atoms with E-state index in [2.05, 4.69) is 16.5 Å². The molecule has 0 saturated carbocycles. The summed E-state index contributed by atoms with van der Waals surface area (Å²) in [4.78, 5) is 13.3. The molecule has 0 aliphatic heterocycles. The standard InChI is InChI=1S/C14H15N3O2S/c1-5-10-9(4)20-14(11(10)6-15)16-13(18)12-7(2)17-19-8(12)3/h5H2,1-4H3,(H,16,18). The summed E-state index contributed by atoms with van der Waals surface area (Å²) in [6, 6.07) is 2.17. The van der Waals surface area contributed by atoms with Crippen molar-refractivity contribution in [3.05, 3.63) is 33.0 Å². The van der Waals surface area contributed by atoms with Gasteiger partial charge in [-0.2, -0.15) is 5.26 Å². The van der Waals surface area contributed by atoms with Crippen LogP contribution in [0.25, 0.3) is 0 Å². The lowest BCUT2D eigenvalue weighted by Gasteiger charge is -2.02. The van der Waals surface area contributed by atoms with Gasteiger partial charge in [0.25, 0.3) is 5.91 Å². The van der Waals surface area contributed by atoms with Crippen molar-refractivity contribution >= 4 is 22.2 Å². The van der Waals surface area contributed by atoms with Gasteiger partial charge in [0.05, 0.1) is 11.3 Å². The van der Waals surface area contributed by atoms with E-state index in [1.54, 1.807) is 13.8 Å². The Bertz CT molecular complexity index is 687. The molecule has 0 bridgehead atoms. The third-order valence-electron chi connectivity index (χ3n) is 3.16. The van der Waals surface area contributed by atoms with Crippen molar-refractivity contribution in [2.45, 2.75) is 34.1 Å². The fourth-order valence-corrected chi connectivity index (χ4v) is 3.27. The normalized spacial score (nSPS) is 10.3. The largest absolute Gasteiger partial charge is 0.361 e. The van der Waals surface area contributed by atoms with Crippen molar-refractivity contribution < 1.29 is 9.32 Å². The maximum atomic E-state index is 12.3. The number of amides is 1. The zero-order chi connectivity index (χ0) is 14.9. The number of rotatable bonds is 3. The molecule has 2 rings (SSSR count). The SMILES string of the molecule is CCc1c(C)sc(NC(=O)c2c(C)noc2C)c1C#N. The number of carbonyl (C=O) groups is 1. The number of nitrogens with zero attached hydrogens (tertiary/aromatic N) is 2. The van der Waals surface area contributed by atoms with Gasteiger partial charge in [0.1, 0.15) is 22.4 Å². The third kappa shape index (κ3) is 2.32. The summed E-state index contributed by atoms with van der Waals surface area (Å²) >= 11 is 1.42. The Morgan fingerprint density at radius 2 is 2.15 bits per heavy atom. The molecular weight excluding hydrogens is 274 g/mol. The summed E-state index contributed by atoms with van der Waals surface area (Å²) in [5.74, 6) is 0.184. The van der Waals surface area contributed by atoms with Gasteiger partial charge in [0.15, 0.2) is 0 Å². The topological polar surface area (TPSA) is 78.9 Å². The molecule has 6 heteroatoms. The van der Waals surface area contributed by atoms with Gasteiger partial charge >= 0.3 is 0 Å². The number of aryl methyl sites for hydroxylation is 3. The van der Waals surface area contributed by atoms with Crippen LogP contribution >= 0.6 is 11.3 Å². The molecule has 104 valence electrons. The highest BCUT2D eigenvalue weighted by molar-refractivity contribution is 7.16. The summed E-state index contributed by atoms with van der Waals surface area (Å²) in [6.45, 7) is 7.36. The zero-order valence-electron chi connectivity index (χ0n) is 11.8. The van der Waals surface area contributed by atoms with Gasteiger partial charge in [-0.15, -0.1) is 11.3 Å². The minimum Gasteiger partial charge on any atom is -0.361 e. The maximum Gasteiger partial charge on any atom is 0.261 e. The number of nitriles is 1. The van der Waals surface area contributed by atoms with E-state index < -0.39 is 0 Å². The van der Waals surface area contributed by atoms with Crippen molar-refractivity contribution in [2.75, 3.05) is 5.32 Å². The molecule has 20 heavy (non-hydrogen) atoms. The lowest BCUT2D eigenvalue weighted by Crippen LogP contribution is -2.13. The average molecular weight is 289 g/mol. The van der Waals surface area contributed by atoms with Crippen LogP contribution in [0.15, 0.2) is 4.52 Å². The molecule has 1 amide bonds. The fourth-order valence-electron chi connectivity index (χ4n) is 2.18. The molecule has 0 saturated heterocycles. The molecule has 0 fully saturated rings. The maximum absolute atomic E-state index is 12.3. The van der Waals surface area contributed by atoms with E-state index in [1.807, 2.05) is 13.8 Å². The molecule has 0 radical (unpaired) electrons. The smallest absolute Gasteiger partial charge is 0.261 e. The predicted octanol–water partition coefficient (Wildman–Crippen LogP) is 3.35. The van der Waals surface area contributed by atoms with Crippen molar-refractivity contribution in [3.63, 3.8) is 0 Å². The van der Waals surface area contributed by atoms with Gasteiger partial charge in [-0.25, -0.2) is 0 Å². The second-order valence-electron chi connectivity index (χ2n) is 4.46. The first-order valence-corrected chi connectivity index (χ1v) is 7.07. The molecule has 0 atom stereocenters. The predicted molar refractivity (Wildman–Crippen MR) is 77.1 cm³/mol. The first kappa shape index (κ1) is 14.3.